The van der Waals surface area contributed by atoms with Gasteiger partial charge < -0.3 is 9.36 Å². The summed E-state index contributed by atoms with van der Waals surface area (Å²) in [5.74, 6) is 0. The van der Waals surface area contributed by atoms with Crippen molar-refractivity contribution in [3.05, 3.63) is 34.7 Å². The second kappa shape index (κ2) is 3.71. The van der Waals surface area contributed by atoms with Crippen molar-refractivity contribution in [1.82, 2.24) is 4.57 Å². The number of aromatic nitrogens is 1. The van der Waals surface area contributed by atoms with E-state index in [1.807, 2.05) is 0 Å². The standard InChI is InChI=1S/C8H9NO2/c10-7-1-4-9-5-2-8(11)3-6-9/h2-3,5-7H,1,4H2. The summed E-state index contributed by atoms with van der Waals surface area (Å²) >= 11 is 0. The largest absolute Gasteiger partial charge is 0.354 e. The van der Waals surface area contributed by atoms with Gasteiger partial charge in [-0.2, -0.15) is 0 Å². The average molecular weight is 151 g/mol. The number of aldehydes is 1. The van der Waals surface area contributed by atoms with Gasteiger partial charge in [-0.3, -0.25) is 4.79 Å². The molecule has 0 unspecified atom stereocenters. The zero-order valence-electron chi connectivity index (χ0n) is 6.06. The minimum atomic E-state index is -0.00708. The third-order valence-electron chi connectivity index (χ3n) is 1.37. The minimum Gasteiger partial charge on any atom is -0.354 e. The molecule has 3 heteroatoms. The lowest BCUT2D eigenvalue weighted by Gasteiger charge is -1.99. The maximum Gasteiger partial charge on any atom is 0.181 e. The summed E-state index contributed by atoms with van der Waals surface area (Å²) in [6.45, 7) is 0.643. The van der Waals surface area contributed by atoms with Crippen LogP contribution in [-0.2, 0) is 11.3 Å². The monoisotopic (exact) mass is 151 g/mol. The summed E-state index contributed by atoms with van der Waals surface area (Å²) in [4.78, 5) is 20.6. The van der Waals surface area contributed by atoms with E-state index >= 15 is 0 Å². The van der Waals surface area contributed by atoms with Crippen LogP contribution in [0.4, 0.5) is 0 Å². The smallest absolute Gasteiger partial charge is 0.181 e. The van der Waals surface area contributed by atoms with Crippen LogP contribution >= 0.6 is 0 Å². The Morgan fingerprint density at radius 2 is 2.00 bits per heavy atom. The van der Waals surface area contributed by atoms with Gasteiger partial charge in [-0.05, 0) is 0 Å². The number of hydrogen-bond donors (Lipinski definition) is 0. The fraction of sp³-hybridized carbons (Fsp3) is 0.250. The van der Waals surface area contributed by atoms with Gasteiger partial charge >= 0.3 is 0 Å². The maximum absolute atomic E-state index is 10.6. The molecule has 0 aliphatic heterocycles. The first-order valence-electron chi connectivity index (χ1n) is 3.42. The number of aryl methyl sites for hydroxylation is 1. The zero-order valence-corrected chi connectivity index (χ0v) is 6.06. The first kappa shape index (κ1) is 7.72. The molecule has 0 amide bonds. The van der Waals surface area contributed by atoms with Gasteiger partial charge in [0.15, 0.2) is 5.43 Å². The summed E-state index contributed by atoms with van der Waals surface area (Å²) in [6, 6.07) is 2.95. The molecule has 0 bridgehead atoms. The van der Waals surface area contributed by atoms with Gasteiger partial charge in [-0.25, -0.2) is 0 Å². The summed E-state index contributed by atoms with van der Waals surface area (Å²) in [5, 5.41) is 0. The van der Waals surface area contributed by atoms with Crippen LogP contribution in [0.3, 0.4) is 0 Å². The molecular formula is C8H9NO2. The third kappa shape index (κ3) is 2.37. The quantitative estimate of drug-likeness (QED) is 0.588. The van der Waals surface area contributed by atoms with E-state index in [-0.39, 0.29) is 5.43 Å². The first-order chi connectivity index (χ1) is 5.33. The summed E-state index contributed by atoms with van der Waals surface area (Å²) < 4.78 is 1.80. The molecule has 58 valence electrons. The van der Waals surface area contributed by atoms with Gasteiger partial charge in [0.25, 0.3) is 0 Å². The summed E-state index contributed by atoms with van der Waals surface area (Å²) in [5.41, 5.74) is -0.00708. The normalized spacial score (nSPS) is 9.45. The highest BCUT2D eigenvalue weighted by Gasteiger charge is 1.86. The highest BCUT2D eigenvalue weighted by molar-refractivity contribution is 5.48. The molecule has 11 heavy (non-hydrogen) atoms. The van der Waals surface area contributed by atoms with E-state index in [9.17, 15) is 9.59 Å². The number of hydrogen-bond acceptors (Lipinski definition) is 2. The van der Waals surface area contributed by atoms with E-state index in [1.165, 1.54) is 12.1 Å². The fourth-order valence-electron chi connectivity index (χ4n) is 0.794. The molecule has 0 N–H and O–H groups in total. The molecule has 0 saturated heterocycles. The highest BCUT2D eigenvalue weighted by atomic mass is 16.1. The fourth-order valence-corrected chi connectivity index (χ4v) is 0.794. The molecule has 0 aliphatic carbocycles. The van der Waals surface area contributed by atoms with Crippen molar-refractivity contribution >= 4 is 6.29 Å². The van der Waals surface area contributed by atoms with Gasteiger partial charge in [-0.1, -0.05) is 0 Å². The van der Waals surface area contributed by atoms with Crippen molar-refractivity contribution in [3.63, 3.8) is 0 Å². The van der Waals surface area contributed by atoms with E-state index in [0.29, 0.717) is 13.0 Å². The van der Waals surface area contributed by atoms with Crippen LogP contribution < -0.4 is 5.43 Å². The molecule has 1 rings (SSSR count). The van der Waals surface area contributed by atoms with Crippen molar-refractivity contribution in [1.29, 1.82) is 0 Å². The summed E-state index contributed by atoms with van der Waals surface area (Å²) in [7, 11) is 0. The van der Waals surface area contributed by atoms with Gasteiger partial charge in [-0.15, -0.1) is 0 Å². The van der Waals surface area contributed by atoms with Gasteiger partial charge in [0.1, 0.15) is 6.29 Å². The Hall–Kier alpha value is -1.38. The predicted molar refractivity (Wildman–Crippen MR) is 41.4 cm³/mol. The summed E-state index contributed by atoms with van der Waals surface area (Å²) in [6.07, 6.45) is 4.69. The lowest BCUT2D eigenvalue weighted by molar-refractivity contribution is -0.108. The van der Waals surface area contributed by atoms with Crippen LogP contribution in [-0.4, -0.2) is 10.9 Å². The zero-order chi connectivity index (χ0) is 8.10. The number of carbonyl (C=O) groups is 1. The van der Waals surface area contributed by atoms with Gasteiger partial charge in [0.2, 0.25) is 0 Å². The van der Waals surface area contributed by atoms with Crippen molar-refractivity contribution in [2.24, 2.45) is 0 Å². The molecule has 0 fully saturated rings. The van der Waals surface area contributed by atoms with Crippen LogP contribution in [0.1, 0.15) is 6.42 Å². The van der Waals surface area contributed by atoms with Crippen molar-refractivity contribution in [2.75, 3.05) is 0 Å². The van der Waals surface area contributed by atoms with Crippen LogP contribution in [0, 0.1) is 0 Å². The van der Waals surface area contributed by atoms with Crippen LogP contribution in [0.25, 0.3) is 0 Å². The molecule has 3 nitrogen and oxygen atoms in total. The predicted octanol–water partition coefficient (Wildman–Crippen LogP) is 0.437. The van der Waals surface area contributed by atoms with Crippen LogP contribution in [0.2, 0.25) is 0 Å². The van der Waals surface area contributed by atoms with E-state index < -0.39 is 0 Å². The van der Waals surface area contributed by atoms with E-state index in [0.717, 1.165) is 6.29 Å². The lowest BCUT2D eigenvalue weighted by Crippen LogP contribution is -2.03. The molecule has 0 atom stereocenters. The second-order valence-electron chi connectivity index (χ2n) is 2.23. The molecular weight excluding hydrogens is 142 g/mol. The van der Waals surface area contributed by atoms with E-state index in [4.69, 9.17) is 0 Å². The van der Waals surface area contributed by atoms with Gasteiger partial charge in [0.05, 0.1) is 0 Å². The topological polar surface area (TPSA) is 39.1 Å². The lowest BCUT2D eigenvalue weighted by atomic mass is 10.4. The Kier molecular flexibility index (Phi) is 2.60. The van der Waals surface area contributed by atoms with Crippen LogP contribution in [0.5, 0.6) is 0 Å². The average Bonchev–Trinajstić information content (AvgIpc) is 2.04. The molecule has 1 aromatic heterocycles. The molecule has 0 saturated carbocycles. The molecule has 1 heterocycles. The van der Waals surface area contributed by atoms with Crippen LogP contribution in [0.15, 0.2) is 29.3 Å². The Morgan fingerprint density at radius 1 is 1.36 bits per heavy atom. The Bertz CT molecular complexity index is 270. The maximum atomic E-state index is 10.6. The minimum absolute atomic E-state index is 0.00708. The first-order valence-corrected chi connectivity index (χ1v) is 3.42. The molecule has 0 aliphatic rings. The van der Waals surface area contributed by atoms with Crippen molar-refractivity contribution in [2.45, 2.75) is 13.0 Å². The van der Waals surface area contributed by atoms with E-state index in [1.54, 1.807) is 17.0 Å². The third-order valence-corrected chi connectivity index (χ3v) is 1.37. The number of nitrogens with zero attached hydrogens (tertiary/aromatic N) is 1. The Morgan fingerprint density at radius 3 is 2.55 bits per heavy atom. The van der Waals surface area contributed by atoms with Crippen molar-refractivity contribution in [3.8, 4) is 0 Å². The molecule has 0 spiro atoms. The molecule has 0 radical (unpaired) electrons. The number of rotatable bonds is 3. The number of carbonyl (C=O) groups excluding carboxylic acids is 1. The Labute approximate surface area is 64.3 Å². The van der Waals surface area contributed by atoms with E-state index in [2.05, 4.69) is 0 Å². The number of pyridine rings is 1. The SMILES string of the molecule is O=CCCn1ccc(=O)cc1. The molecule has 0 aromatic carbocycles. The highest BCUT2D eigenvalue weighted by Crippen LogP contribution is 1.85. The molecule has 1 aromatic rings. The Balaban J connectivity index is 2.66. The van der Waals surface area contributed by atoms with Gasteiger partial charge in [0, 0.05) is 37.5 Å². The van der Waals surface area contributed by atoms with Crippen molar-refractivity contribution < 1.29 is 4.79 Å². The second-order valence-corrected chi connectivity index (χ2v) is 2.23.